The molecule has 1 aliphatic carbocycles. The van der Waals surface area contributed by atoms with Crippen molar-refractivity contribution in [2.75, 3.05) is 13.1 Å². The van der Waals surface area contributed by atoms with Crippen LogP contribution < -0.4 is 5.32 Å². The summed E-state index contributed by atoms with van der Waals surface area (Å²) < 4.78 is 0. The second kappa shape index (κ2) is 5.16. The van der Waals surface area contributed by atoms with Crippen molar-refractivity contribution in [1.29, 1.82) is 0 Å². The molecule has 2 rings (SSSR count). The summed E-state index contributed by atoms with van der Waals surface area (Å²) in [7, 11) is 0. The smallest absolute Gasteiger partial charge is 0.00120 e. The summed E-state index contributed by atoms with van der Waals surface area (Å²) in [6, 6.07) is 0. The molecular formula is C14H25N. The highest BCUT2D eigenvalue weighted by atomic mass is 14.9. The number of rotatable bonds is 3. The van der Waals surface area contributed by atoms with Crippen molar-refractivity contribution in [1.82, 2.24) is 5.32 Å². The van der Waals surface area contributed by atoms with E-state index in [0.717, 1.165) is 23.7 Å². The lowest BCUT2D eigenvalue weighted by Gasteiger charge is -2.41. The van der Waals surface area contributed by atoms with Gasteiger partial charge in [0.2, 0.25) is 0 Å². The summed E-state index contributed by atoms with van der Waals surface area (Å²) in [4.78, 5) is 0. The Bertz CT molecular complexity index is 221. The molecule has 1 aliphatic heterocycles. The van der Waals surface area contributed by atoms with Gasteiger partial charge >= 0.3 is 0 Å². The van der Waals surface area contributed by atoms with Crippen molar-refractivity contribution >= 4 is 0 Å². The van der Waals surface area contributed by atoms with Gasteiger partial charge in [0.1, 0.15) is 0 Å². The molecule has 4 unspecified atom stereocenters. The van der Waals surface area contributed by atoms with Gasteiger partial charge in [0.15, 0.2) is 0 Å². The molecule has 0 spiro atoms. The van der Waals surface area contributed by atoms with Gasteiger partial charge in [-0.1, -0.05) is 38.8 Å². The Kier molecular flexibility index (Phi) is 3.85. The second-order valence-corrected chi connectivity index (χ2v) is 5.42. The zero-order chi connectivity index (χ0) is 10.7. The predicted octanol–water partition coefficient (Wildman–Crippen LogP) is 3.22. The molecule has 4 atom stereocenters. The number of fused-ring (bicyclic) bond motifs is 1. The minimum atomic E-state index is 0.844. The van der Waals surface area contributed by atoms with E-state index in [0.29, 0.717) is 0 Å². The van der Waals surface area contributed by atoms with Gasteiger partial charge in [-0.2, -0.15) is 0 Å². The molecule has 0 saturated carbocycles. The molecule has 0 aromatic heterocycles. The Morgan fingerprint density at radius 3 is 3.13 bits per heavy atom. The first-order valence-electron chi connectivity index (χ1n) is 6.70. The van der Waals surface area contributed by atoms with Crippen LogP contribution in [0.5, 0.6) is 0 Å². The van der Waals surface area contributed by atoms with E-state index < -0.39 is 0 Å². The van der Waals surface area contributed by atoms with E-state index in [9.17, 15) is 0 Å². The molecule has 0 radical (unpaired) electrons. The van der Waals surface area contributed by atoms with Crippen molar-refractivity contribution in [3.63, 3.8) is 0 Å². The van der Waals surface area contributed by atoms with Crippen molar-refractivity contribution in [3.05, 3.63) is 12.2 Å². The maximum atomic E-state index is 3.58. The summed E-state index contributed by atoms with van der Waals surface area (Å²) in [6.07, 6.45) is 10.4. The first kappa shape index (κ1) is 11.2. The SMILES string of the molecule is CCCC(C)C1C=CCC2CCNCC21. The van der Waals surface area contributed by atoms with Gasteiger partial charge in [-0.15, -0.1) is 0 Å². The van der Waals surface area contributed by atoms with E-state index in [2.05, 4.69) is 31.3 Å². The second-order valence-electron chi connectivity index (χ2n) is 5.42. The summed E-state index contributed by atoms with van der Waals surface area (Å²) in [5.41, 5.74) is 0. The summed E-state index contributed by atoms with van der Waals surface area (Å²) in [6.45, 7) is 7.24. The molecule has 0 bridgehead atoms. The van der Waals surface area contributed by atoms with Crippen LogP contribution in [0, 0.1) is 23.7 Å². The van der Waals surface area contributed by atoms with Crippen molar-refractivity contribution in [2.45, 2.75) is 39.5 Å². The number of nitrogens with one attached hydrogen (secondary N) is 1. The highest BCUT2D eigenvalue weighted by Gasteiger charge is 2.34. The average molecular weight is 207 g/mol. The van der Waals surface area contributed by atoms with Gasteiger partial charge in [0, 0.05) is 0 Å². The van der Waals surface area contributed by atoms with Gasteiger partial charge in [0.25, 0.3) is 0 Å². The van der Waals surface area contributed by atoms with E-state index in [-0.39, 0.29) is 0 Å². The van der Waals surface area contributed by atoms with E-state index >= 15 is 0 Å². The molecule has 0 aromatic rings. The van der Waals surface area contributed by atoms with Crippen molar-refractivity contribution in [2.24, 2.45) is 23.7 Å². The van der Waals surface area contributed by atoms with Gasteiger partial charge in [-0.25, -0.2) is 0 Å². The number of piperidine rings is 1. The molecule has 1 N–H and O–H groups in total. The Labute approximate surface area is 94.3 Å². The standard InChI is InChI=1S/C14H25N/c1-3-5-11(2)13-7-4-6-12-8-9-15-10-14(12)13/h4,7,11-15H,3,5-6,8-10H2,1-2H3. The van der Waals surface area contributed by atoms with Crippen molar-refractivity contribution < 1.29 is 0 Å². The normalized spacial score (nSPS) is 37.3. The molecule has 1 nitrogen and oxygen atoms in total. The maximum absolute atomic E-state index is 3.58. The van der Waals surface area contributed by atoms with Crippen LogP contribution in [0.25, 0.3) is 0 Å². The van der Waals surface area contributed by atoms with E-state index in [4.69, 9.17) is 0 Å². The first-order valence-corrected chi connectivity index (χ1v) is 6.70. The van der Waals surface area contributed by atoms with Gasteiger partial charge in [-0.05, 0) is 49.6 Å². The first-order chi connectivity index (χ1) is 7.33. The molecule has 1 fully saturated rings. The highest BCUT2D eigenvalue weighted by Crippen LogP contribution is 2.39. The third kappa shape index (κ3) is 2.44. The van der Waals surface area contributed by atoms with E-state index in [1.54, 1.807) is 0 Å². The highest BCUT2D eigenvalue weighted by molar-refractivity contribution is 5.03. The lowest BCUT2D eigenvalue weighted by molar-refractivity contribution is 0.151. The summed E-state index contributed by atoms with van der Waals surface area (Å²) in [5.74, 6) is 3.61. The monoisotopic (exact) mass is 207 g/mol. The maximum Gasteiger partial charge on any atom is -0.00120 e. The number of allylic oxidation sites excluding steroid dienone is 2. The summed E-state index contributed by atoms with van der Waals surface area (Å²) in [5, 5.41) is 3.58. The van der Waals surface area contributed by atoms with Gasteiger partial charge < -0.3 is 5.32 Å². The topological polar surface area (TPSA) is 12.0 Å². The molecule has 0 amide bonds. The quantitative estimate of drug-likeness (QED) is 0.701. The minimum Gasteiger partial charge on any atom is -0.316 e. The predicted molar refractivity (Wildman–Crippen MR) is 65.8 cm³/mol. The molecule has 1 heteroatoms. The zero-order valence-corrected chi connectivity index (χ0v) is 10.2. The lowest BCUT2D eigenvalue weighted by Crippen LogP contribution is -2.43. The third-order valence-electron chi connectivity index (χ3n) is 4.37. The molecule has 1 saturated heterocycles. The minimum absolute atomic E-state index is 0.844. The Morgan fingerprint density at radius 1 is 1.47 bits per heavy atom. The van der Waals surface area contributed by atoms with E-state index in [1.165, 1.54) is 38.8 Å². The Balaban J connectivity index is 2.02. The Morgan fingerprint density at radius 2 is 2.33 bits per heavy atom. The fourth-order valence-electron chi connectivity index (χ4n) is 3.49. The summed E-state index contributed by atoms with van der Waals surface area (Å²) >= 11 is 0. The molecule has 15 heavy (non-hydrogen) atoms. The molecule has 0 aromatic carbocycles. The number of hydrogen-bond acceptors (Lipinski definition) is 1. The molecular weight excluding hydrogens is 182 g/mol. The molecule has 86 valence electrons. The Hall–Kier alpha value is -0.300. The average Bonchev–Trinajstić information content (AvgIpc) is 2.28. The lowest BCUT2D eigenvalue weighted by atomic mass is 9.68. The number of hydrogen-bond donors (Lipinski definition) is 1. The van der Waals surface area contributed by atoms with Crippen LogP contribution in [0.1, 0.15) is 39.5 Å². The van der Waals surface area contributed by atoms with Crippen LogP contribution in [0.4, 0.5) is 0 Å². The van der Waals surface area contributed by atoms with Crippen LogP contribution in [0.15, 0.2) is 12.2 Å². The van der Waals surface area contributed by atoms with Crippen LogP contribution in [0.2, 0.25) is 0 Å². The van der Waals surface area contributed by atoms with Crippen LogP contribution in [-0.2, 0) is 0 Å². The van der Waals surface area contributed by atoms with Crippen molar-refractivity contribution in [3.8, 4) is 0 Å². The van der Waals surface area contributed by atoms with Crippen LogP contribution in [-0.4, -0.2) is 13.1 Å². The fraction of sp³-hybridized carbons (Fsp3) is 0.857. The van der Waals surface area contributed by atoms with Crippen LogP contribution >= 0.6 is 0 Å². The van der Waals surface area contributed by atoms with Gasteiger partial charge in [0.05, 0.1) is 0 Å². The fourth-order valence-corrected chi connectivity index (χ4v) is 3.49. The van der Waals surface area contributed by atoms with Gasteiger partial charge in [-0.3, -0.25) is 0 Å². The van der Waals surface area contributed by atoms with E-state index in [1.807, 2.05) is 0 Å². The van der Waals surface area contributed by atoms with Crippen LogP contribution in [0.3, 0.4) is 0 Å². The third-order valence-corrected chi connectivity index (χ3v) is 4.37. The molecule has 1 heterocycles. The largest absolute Gasteiger partial charge is 0.316 e. The molecule has 2 aliphatic rings. The zero-order valence-electron chi connectivity index (χ0n) is 10.2.